The van der Waals surface area contributed by atoms with E-state index in [1.807, 2.05) is 12.1 Å². The van der Waals surface area contributed by atoms with Crippen molar-refractivity contribution in [2.75, 3.05) is 26.1 Å². The van der Waals surface area contributed by atoms with Gasteiger partial charge in [-0.05, 0) is 41.8 Å². The van der Waals surface area contributed by atoms with E-state index in [1.54, 1.807) is 50.9 Å². The number of hydrogen-bond donors (Lipinski definition) is 1. The Morgan fingerprint density at radius 3 is 2.51 bits per heavy atom. The normalized spacial score (nSPS) is 11.6. The number of carbonyl (C=O) groups is 1. The first-order valence-corrected chi connectivity index (χ1v) is 12.8. The molecular weight excluding hydrogens is 546 g/mol. The molecule has 8 nitrogen and oxygen atoms in total. The predicted octanol–water partition coefficient (Wildman–Crippen LogP) is 5.92. The van der Waals surface area contributed by atoms with E-state index in [0.29, 0.717) is 45.8 Å². The summed E-state index contributed by atoms with van der Waals surface area (Å²) in [4.78, 5) is 16.7. The summed E-state index contributed by atoms with van der Waals surface area (Å²) in [6, 6.07) is 11.9. The van der Waals surface area contributed by atoms with Crippen molar-refractivity contribution in [3.63, 3.8) is 0 Å². The lowest BCUT2D eigenvalue weighted by atomic mass is 9.92. The van der Waals surface area contributed by atoms with Crippen molar-refractivity contribution in [1.82, 2.24) is 14.8 Å². The van der Waals surface area contributed by atoms with Crippen LogP contribution < -0.4 is 14.8 Å². The lowest BCUT2D eigenvalue weighted by molar-refractivity contribution is -0.145. The van der Waals surface area contributed by atoms with E-state index >= 15 is 0 Å². The Kier molecular flexibility index (Phi) is 9.62. The average molecular weight is 573 g/mol. The first-order chi connectivity index (χ1) is 18.9. The summed E-state index contributed by atoms with van der Waals surface area (Å²) in [5, 5.41) is 8.08. The molecule has 0 bridgehead atoms. The first-order valence-electron chi connectivity index (χ1n) is 12.0. The summed E-state index contributed by atoms with van der Waals surface area (Å²) in [5.74, 6) is 0.0301. The smallest absolute Gasteiger partial charge is 0.327 e. The quantitative estimate of drug-likeness (QED) is 0.211. The number of anilines is 1. The monoisotopic (exact) mass is 572 g/mol. The Morgan fingerprint density at radius 2 is 1.79 bits per heavy atom. The molecule has 0 aliphatic rings. The third-order valence-corrected chi connectivity index (χ3v) is 6.71. The molecule has 0 spiro atoms. The lowest BCUT2D eigenvalue weighted by Gasteiger charge is -2.20. The van der Waals surface area contributed by atoms with Crippen LogP contribution in [0.5, 0.6) is 11.5 Å². The molecule has 1 N–H and O–H groups in total. The van der Waals surface area contributed by atoms with Crippen LogP contribution in [0.4, 0.5) is 10.1 Å². The highest BCUT2D eigenvalue weighted by Crippen LogP contribution is 2.34. The zero-order chi connectivity index (χ0) is 27.8. The van der Waals surface area contributed by atoms with E-state index in [2.05, 4.69) is 15.4 Å². The largest absolute Gasteiger partial charge is 0.493 e. The van der Waals surface area contributed by atoms with E-state index in [1.165, 1.54) is 23.1 Å². The van der Waals surface area contributed by atoms with Crippen LogP contribution in [0.1, 0.15) is 22.6 Å². The molecule has 4 rings (SSSR count). The number of esters is 1. The molecule has 0 saturated carbocycles. The summed E-state index contributed by atoms with van der Waals surface area (Å²) < 4.78 is 31.8. The van der Waals surface area contributed by atoms with Gasteiger partial charge in [0.2, 0.25) is 0 Å². The highest BCUT2D eigenvalue weighted by Gasteiger charge is 2.21. The van der Waals surface area contributed by atoms with Crippen LogP contribution in [0.2, 0.25) is 10.0 Å². The molecule has 0 saturated heterocycles. The molecule has 2 aromatic carbocycles. The fraction of sp³-hybridized carbons (Fsp3) is 0.250. The molecule has 39 heavy (non-hydrogen) atoms. The zero-order valence-electron chi connectivity index (χ0n) is 21.4. The number of benzene rings is 2. The van der Waals surface area contributed by atoms with Gasteiger partial charge in [0.25, 0.3) is 0 Å². The van der Waals surface area contributed by atoms with Gasteiger partial charge in [-0.25, -0.2) is 4.39 Å². The topological polar surface area (TPSA) is 87.5 Å². The van der Waals surface area contributed by atoms with Crippen LogP contribution in [0, 0.1) is 5.82 Å². The number of carbonyl (C=O) groups excluding carboxylic acids is 1. The van der Waals surface area contributed by atoms with Crippen molar-refractivity contribution in [2.45, 2.75) is 25.4 Å². The van der Waals surface area contributed by atoms with Gasteiger partial charge < -0.3 is 19.5 Å². The average Bonchev–Trinajstić information content (AvgIpc) is 3.38. The van der Waals surface area contributed by atoms with Crippen LogP contribution in [0.25, 0.3) is 0 Å². The maximum Gasteiger partial charge on any atom is 0.327 e. The number of aromatic nitrogens is 3. The van der Waals surface area contributed by atoms with Gasteiger partial charge in [-0.3, -0.25) is 14.5 Å². The highest BCUT2D eigenvalue weighted by atomic mass is 35.5. The Labute approximate surface area is 235 Å². The Hall–Kier alpha value is -3.82. The summed E-state index contributed by atoms with van der Waals surface area (Å²) in [7, 11) is 3.11. The van der Waals surface area contributed by atoms with E-state index in [-0.39, 0.29) is 24.9 Å². The van der Waals surface area contributed by atoms with E-state index in [4.69, 9.17) is 37.4 Å². The second kappa shape index (κ2) is 13.3. The number of pyridine rings is 1. The van der Waals surface area contributed by atoms with Crippen molar-refractivity contribution in [2.24, 2.45) is 0 Å². The Bertz CT molecular complexity index is 1410. The van der Waals surface area contributed by atoms with Gasteiger partial charge in [0.1, 0.15) is 12.4 Å². The molecule has 0 amide bonds. The molecule has 1 unspecified atom stereocenters. The molecule has 0 aliphatic carbocycles. The molecular formula is C28H27Cl2FN4O4. The molecule has 11 heteroatoms. The number of ether oxygens (including phenoxy) is 3. The van der Waals surface area contributed by atoms with E-state index < -0.39 is 5.97 Å². The van der Waals surface area contributed by atoms with Crippen LogP contribution in [-0.4, -0.2) is 41.6 Å². The molecule has 0 radical (unpaired) electrons. The number of rotatable bonds is 12. The number of nitrogens with one attached hydrogen (secondary N) is 1. The molecule has 2 heterocycles. The van der Waals surface area contributed by atoms with Gasteiger partial charge in [-0.2, -0.15) is 5.10 Å². The SMILES string of the molecule is COc1ccc(C(COC(=O)Cn2cc(CNc3ccccc3F)cn2)Cc2c(Cl)cncc2Cl)cc1OC. The second-order valence-corrected chi connectivity index (χ2v) is 9.47. The molecule has 0 aliphatic heterocycles. The van der Waals surface area contributed by atoms with E-state index in [0.717, 1.165) is 11.1 Å². The predicted molar refractivity (Wildman–Crippen MR) is 147 cm³/mol. The van der Waals surface area contributed by atoms with E-state index in [9.17, 15) is 9.18 Å². The van der Waals surface area contributed by atoms with Gasteiger partial charge >= 0.3 is 5.97 Å². The van der Waals surface area contributed by atoms with Crippen LogP contribution in [0.3, 0.4) is 0 Å². The fourth-order valence-corrected chi connectivity index (χ4v) is 4.54. The molecule has 0 fully saturated rings. The number of halogens is 3. The summed E-state index contributed by atoms with van der Waals surface area (Å²) >= 11 is 12.8. The van der Waals surface area contributed by atoms with Gasteiger partial charge in [-0.15, -0.1) is 0 Å². The minimum Gasteiger partial charge on any atom is -0.493 e. The van der Waals surface area contributed by atoms with Crippen LogP contribution in [0.15, 0.2) is 67.3 Å². The molecule has 204 valence electrons. The third kappa shape index (κ3) is 7.40. The van der Waals surface area contributed by atoms with Crippen LogP contribution >= 0.6 is 23.2 Å². The number of methoxy groups -OCH3 is 2. The van der Waals surface area contributed by atoms with Crippen molar-refractivity contribution < 1.29 is 23.4 Å². The van der Waals surface area contributed by atoms with Gasteiger partial charge in [-0.1, -0.05) is 41.4 Å². The van der Waals surface area contributed by atoms with Gasteiger partial charge in [0.15, 0.2) is 11.5 Å². The zero-order valence-corrected chi connectivity index (χ0v) is 22.9. The standard InChI is InChI=1S/C28H27Cl2FN4O4/c1-37-26-8-7-19(10-27(26)38-2)20(9-21-22(29)13-32-14-23(21)30)17-39-28(36)16-35-15-18(12-34-35)11-33-25-6-4-3-5-24(25)31/h3-8,10,12-15,20,33H,9,11,16-17H2,1-2H3. The van der Waals surface area contributed by atoms with Gasteiger partial charge in [0, 0.05) is 36.6 Å². The third-order valence-electron chi connectivity index (χ3n) is 6.06. The maximum absolute atomic E-state index is 13.8. The highest BCUT2D eigenvalue weighted by molar-refractivity contribution is 6.35. The Morgan fingerprint density at radius 1 is 1.05 bits per heavy atom. The maximum atomic E-state index is 13.8. The number of para-hydroxylation sites is 1. The van der Waals surface area contributed by atoms with Crippen LogP contribution in [-0.2, 0) is 29.0 Å². The van der Waals surface area contributed by atoms with Crippen molar-refractivity contribution in [3.05, 3.63) is 99.8 Å². The fourth-order valence-electron chi connectivity index (χ4n) is 4.02. The van der Waals surface area contributed by atoms with Gasteiger partial charge in [0.05, 0.1) is 42.8 Å². The second-order valence-electron chi connectivity index (χ2n) is 8.66. The first kappa shape index (κ1) is 28.2. The molecule has 1 atom stereocenters. The summed E-state index contributed by atoms with van der Waals surface area (Å²) in [6.07, 6.45) is 6.77. The minimum absolute atomic E-state index is 0.0618. The summed E-state index contributed by atoms with van der Waals surface area (Å²) in [6.45, 7) is 0.326. The Balaban J connectivity index is 1.43. The molecule has 4 aromatic rings. The van der Waals surface area contributed by atoms with Crippen molar-refractivity contribution in [1.29, 1.82) is 0 Å². The lowest BCUT2D eigenvalue weighted by Crippen LogP contribution is -2.19. The number of nitrogens with zero attached hydrogens (tertiary/aromatic N) is 3. The van der Waals surface area contributed by atoms with Crippen molar-refractivity contribution >= 4 is 34.9 Å². The molecule has 2 aromatic heterocycles. The minimum atomic E-state index is -0.468. The summed E-state index contributed by atoms with van der Waals surface area (Å²) in [5.41, 5.74) is 2.73. The van der Waals surface area contributed by atoms with Crippen molar-refractivity contribution in [3.8, 4) is 11.5 Å². The number of hydrogen-bond acceptors (Lipinski definition) is 7.